The summed E-state index contributed by atoms with van der Waals surface area (Å²) in [5.74, 6) is -0.0251. The quantitative estimate of drug-likeness (QED) is 0.620. The summed E-state index contributed by atoms with van der Waals surface area (Å²) in [6.07, 6.45) is 1.83. The summed E-state index contributed by atoms with van der Waals surface area (Å²) in [5, 5.41) is 12.7. The van der Waals surface area contributed by atoms with Crippen LogP contribution in [0.15, 0.2) is 70.5 Å². The molecule has 2 aliphatic heterocycles. The molecular weight excluding hydrogens is 424 g/mol. The lowest BCUT2D eigenvalue weighted by molar-refractivity contribution is -0.130. The summed E-state index contributed by atoms with van der Waals surface area (Å²) >= 11 is 1.77. The highest BCUT2D eigenvalue weighted by molar-refractivity contribution is 7.98. The second-order valence-corrected chi connectivity index (χ2v) is 9.77. The largest absolute Gasteiger partial charge is 0.503 e. The smallest absolute Gasteiger partial charge is 0.224 e. The van der Waals surface area contributed by atoms with Crippen LogP contribution in [0.4, 0.5) is 0 Å². The van der Waals surface area contributed by atoms with Gasteiger partial charge >= 0.3 is 0 Å². The van der Waals surface area contributed by atoms with E-state index in [1.807, 2.05) is 29.3 Å². The first-order valence-corrected chi connectivity index (χ1v) is 11.5. The maximum Gasteiger partial charge on any atom is 0.224 e. The van der Waals surface area contributed by atoms with Gasteiger partial charge in [0.2, 0.25) is 5.43 Å². The van der Waals surface area contributed by atoms with Crippen molar-refractivity contribution >= 4 is 23.3 Å². The maximum absolute atomic E-state index is 13.4. The molecule has 1 aliphatic carbocycles. The molecule has 1 fully saturated rings. The van der Waals surface area contributed by atoms with Gasteiger partial charge in [-0.3, -0.25) is 24.1 Å². The highest BCUT2D eigenvalue weighted by Gasteiger charge is 2.56. The number of thioether (sulfide) groups is 1. The van der Waals surface area contributed by atoms with E-state index in [4.69, 9.17) is 0 Å². The molecule has 3 heterocycles. The van der Waals surface area contributed by atoms with Crippen molar-refractivity contribution in [3.05, 3.63) is 93.4 Å². The molecule has 7 heteroatoms. The Labute approximate surface area is 188 Å². The Morgan fingerprint density at radius 2 is 1.66 bits per heavy atom. The third-order valence-electron chi connectivity index (χ3n) is 6.81. The predicted octanol–water partition coefficient (Wildman–Crippen LogP) is 3.43. The monoisotopic (exact) mass is 444 g/mol. The van der Waals surface area contributed by atoms with Crippen LogP contribution >= 0.6 is 11.8 Å². The minimum absolute atomic E-state index is 0.0249. The minimum atomic E-state index is -0.911. The lowest BCUT2D eigenvalue weighted by atomic mass is 9.63. The Balaban J connectivity index is 1.63. The van der Waals surface area contributed by atoms with E-state index >= 15 is 0 Å². The molecule has 0 saturated heterocycles. The van der Waals surface area contributed by atoms with Crippen LogP contribution in [0.5, 0.6) is 5.75 Å². The number of hydrogen-bond acceptors (Lipinski definition) is 6. The van der Waals surface area contributed by atoms with Crippen LogP contribution in [0, 0.1) is 5.41 Å². The van der Waals surface area contributed by atoms with Crippen molar-refractivity contribution in [3.63, 3.8) is 0 Å². The van der Waals surface area contributed by atoms with Crippen molar-refractivity contribution in [2.45, 2.75) is 29.5 Å². The summed E-state index contributed by atoms with van der Waals surface area (Å²) in [6.45, 7) is 0.338. The zero-order valence-electron chi connectivity index (χ0n) is 17.2. The van der Waals surface area contributed by atoms with Crippen LogP contribution in [0.1, 0.15) is 46.1 Å². The van der Waals surface area contributed by atoms with E-state index in [0.29, 0.717) is 6.54 Å². The second kappa shape index (κ2) is 6.84. The van der Waals surface area contributed by atoms with Gasteiger partial charge in [-0.2, -0.15) is 0 Å². The zero-order chi connectivity index (χ0) is 22.0. The summed E-state index contributed by atoms with van der Waals surface area (Å²) < 4.78 is 1.63. The molecule has 0 amide bonds. The van der Waals surface area contributed by atoms with Gasteiger partial charge in [-0.25, -0.2) is 0 Å². The number of aromatic nitrogens is 1. The summed E-state index contributed by atoms with van der Waals surface area (Å²) in [6, 6.07) is 17.5. The fourth-order valence-corrected chi connectivity index (χ4v) is 6.35. The van der Waals surface area contributed by atoms with Gasteiger partial charge < -0.3 is 5.11 Å². The summed E-state index contributed by atoms with van der Waals surface area (Å²) in [4.78, 5) is 38.8. The Kier molecular flexibility index (Phi) is 4.14. The molecule has 0 radical (unpaired) electrons. The van der Waals surface area contributed by atoms with Gasteiger partial charge in [0.05, 0.1) is 11.5 Å². The van der Waals surface area contributed by atoms with E-state index in [1.54, 1.807) is 22.6 Å². The molecule has 32 heavy (non-hydrogen) atoms. The predicted molar refractivity (Wildman–Crippen MR) is 121 cm³/mol. The molecular formula is C25H20N2O4S. The number of fused-ring (bicyclic) bond motifs is 3. The summed E-state index contributed by atoms with van der Waals surface area (Å²) in [5.41, 5.74) is 1.88. The van der Waals surface area contributed by atoms with Crippen molar-refractivity contribution < 1.29 is 14.7 Å². The van der Waals surface area contributed by atoms with Crippen molar-refractivity contribution in [2.24, 2.45) is 5.41 Å². The number of carbonyl (C=O) groups is 2. The lowest BCUT2D eigenvalue weighted by Crippen LogP contribution is -2.61. The number of benzene rings is 2. The third kappa shape index (κ3) is 2.64. The number of pyridine rings is 1. The normalized spacial score (nSPS) is 20.8. The fourth-order valence-electron chi connectivity index (χ4n) is 5.26. The standard InChI is InChI=1S/C25H20N2O4S/c28-16-11-25(12-16)14-27(26-10-9-19(29)23(30)22(26)24(25)31)21-17-6-2-1-5-15(17)13-32-20-8-4-3-7-18(20)21/h1-10,21,30H,11-14H2. The molecule has 1 saturated carbocycles. The molecule has 6 rings (SSSR count). The topological polar surface area (TPSA) is 79.6 Å². The molecule has 0 bridgehead atoms. The molecule has 1 N–H and O–H groups in total. The van der Waals surface area contributed by atoms with Crippen LogP contribution < -0.4 is 10.4 Å². The third-order valence-corrected chi connectivity index (χ3v) is 7.95. The molecule has 160 valence electrons. The number of nitrogens with zero attached hydrogens (tertiary/aromatic N) is 2. The average Bonchev–Trinajstić information content (AvgIpc) is 2.94. The van der Waals surface area contributed by atoms with Gasteiger partial charge in [0.15, 0.2) is 17.2 Å². The Bertz CT molecular complexity index is 1310. The molecule has 1 atom stereocenters. The Morgan fingerprint density at radius 1 is 0.938 bits per heavy atom. The Morgan fingerprint density at radius 3 is 2.44 bits per heavy atom. The first kappa shape index (κ1) is 19.4. The van der Waals surface area contributed by atoms with Crippen LogP contribution in [0.25, 0.3) is 0 Å². The van der Waals surface area contributed by atoms with E-state index in [-0.39, 0.29) is 36.1 Å². The summed E-state index contributed by atoms with van der Waals surface area (Å²) in [7, 11) is 0. The molecule has 6 nitrogen and oxygen atoms in total. The number of Topliss-reactive ketones (excluding diaryl/α,β-unsaturated/α-hetero) is 2. The van der Waals surface area contributed by atoms with Gasteiger partial charge in [-0.15, -0.1) is 11.8 Å². The Hall–Kier alpha value is -3.32. The van der Waals surface area contributed by atoms with Crippen molar-refractivity contribution in [1.29, 1.82) is 0 Å². The van der Waals surface area contributed by atoms with Crippen LogP contribution in [0.3, 0.4) is 0 Å². The second-order valence-electron chi connectivity index (χ2n) is 8.75. The van der Waals surface area contributed by atoms with Crippen molar-refractivity contribution in [2.75, 3.05) is 11.6 Å². The van der Waals surface area contributed by atoms with Crippen LogP contribution in [-0.2, 0) is 10.5 Å². The first-order valence-electron chi connectivity index (χ1n) is 10.6. The van der Waals surface area contributed by atoms with Gasteiger partial charge in [-0.1, -0.05) is 42.5 Å². The van der Waals surface area contributed by atoms with Crippen LogP contribution in [-0.4, -0.2) is 27.9 Å². The highest BCUT2D eigenvalue weighted by atomic mass is 32.2. The molecule has 1 spiro atoms. The molecule has 3 aliphatic rings. The van der Waals surface area contributed by atoms with Gasteiger partial charge in [0.25, 0.3) is 0 Å². The number of rotatable bonds is 1. The van der Waals surface area contributed by atoms with Crippen molar-refractivity contribution in [1.82, 2.24) is 4.68 Å². The van der Waals surface area contributed by atoms with E-state index in [1.165, 1.54) is 11.6 Å². The first-order chi connectivity index (χ1) is 15.5. The number of hydrogen-bond donors (Lipinski definition) is 1. The van der Waals surface area contributed by atoms with Crippen molar-refractivity contribution in [3.8, 4) is 5.75 Å². The van der Waals surface area contributed by atoms with Gasteiger partial charge in [0, 0.05) is 42.3 Å². The van der Waals surface area contributed by atoms with Gasteiger partial charge in [-0.05, 0) is 22.8 Å². The highest BCUT2D eigenvalue weighted by Crippen LogP contribution is 2.49. The molecule has 1 aromatic heterocycles. The van der Waals surface area contributed by atoms with Crippen LogP contribution in [0.2, 0.25) is 0 Å². The van der Waals surface area contributed by atoms with E-state index in [0.717, 1.165) is 21.8 Å². The van der Waals surface area contributed by atoms with E-state index in [9.17, 15) is 19.5 Å². The minimum Gasteiger partial charge on any atom is -0.503 e. The lowest BCUT2D eigenvalue weighted by Gasteiger charge is -2.50. The number of carbonyl (C=O) groups excluding carboxylic acids is 2. The molecule has 3 aromatic rings. The maximum atomic E-state index is 13.4. The SMILES string of the molecule is O=C1CC2(C1)CN(C1c3ccccc3CSc3ccccc31)n1ccc(=O)c(O)c1C2=O. The fraction of sp³-hybridized carbons (Fsp3) is 0.240. The number of ketones is 2. The average molecular weight is 445 g/mol. The number of aromatic hydroxyl groups is 1. The van der Waals surface area contributed by atoms with Gasteiger partial charge in [0.1, 0.15) is 5.78 Å². The molecule has 1 unspecified atom stereocenters. The zero-order valence-corrected chi connectivity index (χ0v) is 18.0. The molecule has 2 aromatic carbocycles. The van der Waals surface area contributed by atoms with E-state index in [2.05, 4.69) is 24.3 Å². The van der Waals surface area contributed by atoms with E-state index < -0.39 is 16.6 Å².